The maximum atomic E-state index is 14.1. The highest BCUT2D eigenvalue weighted by atomic mass is 19.1. The Morgan fingerprint density at radius 1 is 1.42 bits per heavy atom. The third-order valence-electron chi connectivity index (χ3n) is 4.61. The molecule has 0 bridgehead atoms. The van der Waals surface area contributed by atoms with Gasteiger partial charge in [0.1, 0.15) is 17.3 Å². The molecule has 0 aliphatic carbocycles. The van der Waals surface area contributed by atoms with Crippen molar-refractivity contribution in [2.45, 2.75) is 31.5 Å². The average molecular weight is 362 g/mol. The van der Waals surface area contributed by atoms with Crippen molar-refractivity contribution < 1.29 is 23.4 Å². The molecule has 1 aromatic carbocycles. The largest absolute Gasteiger partial charge is 0.497 e. The third-order valence-corrected chi connectivity index (χ3v) is 4.61. The standard InChI is InChI=1S/C19H23FN2O4/c1-25-15-5-6-17(20)14(10-15)12-22-8-3-7-19(24,18(22)23)13-21-11-16-4-2-9-26-16/h2,4-6,9-10,21,24H,3,7-8,11-13H2,1H3/t19-/m1/s1. The summed E-state index contributed by atoms with van der Waals surface area (Å²) in [6, 6.07) is 8.02. The van der Waals surface area contributed by atoms with Crippen molar-refractivity contribution in [2.24, 2.45) is 0 Å². The molecular formula is C19H23FN2O4. The van der Waals surface area contributed by atoms with Crippen LogP contribution in [-0.4, -0.2) is 41.7 Å². The van der Waals surface area contributed by atoms with Gasteiger partial charge in [0.25, 0.3) is 5.91 Å². The number of nitrogens with zero attached hydrogens (tertiary/aromatic N) is 1. The number of hydrogen-bond acceptors (Lipinski definition) is 5. The quantitative estimate of drug-likeness (QED) is 0.789. The molecule has 2 N–H and O–H groups in total. The van der Waals surface area contributed by atoms with Crippen molar-refractivity contribution in [3.63, 3.8) is 0 Å². The number of piperidine rings is 1. The van der Waals surface area contributed by atoms with Crippen LogP contribution in [0.15, 0.2) is 41.0 Å². The molecule has 1 fully saturated rings. The smallest absolute Gasteiger partial charge is 0.256 e. The lowest BCUT2D eigenvalue weighted by atomic mass is 9.91. The number of amides is 1. The van der Waals surface area contributed by atoms with Crippen LogP contribution in [-0.2, 0) is 17.9 Å². The molecule has 140 valence electrons. The van der Waals surface area contributed by atoms with E-state index in [0.29, 0.717) is 37.2 Å². The second kappa shape index (κ2) is 7.88. The fraction of sp³-hybridized carbons (Fsp3) is 0.421. The van der Waals surface area contributed by atoms with E-state index in [-0.39, 0.29) is 13.1 Å². The van der Waals surface area contributed by atoms with Crippen molar-refractivity contribution in [1.29, 1.82) is 0 Å². The van der Waals surface area contributed by atoms with Crippen molar-refractivity contribution >= 4 is 5.91 Å². The SMILES string of the molecule is COc1ccc(F)c(CN2CCC[C@@](O)(CNCc3ccco3)C2=O)c1. The van der Waals surface area contributed by atoms with E-state index in [4.69, 9.17) is 9.15 Å². The third kappa shape index (κ3) is 4.05. The van der Waals surface area contributed by atoms with Gasteiger partial charge >= 0.3 is 0 Å². The fourth-order valence-corrected chi connectivity index (χ4v) is 3.19. The predicted molar refractivity (Wildman–Crippen MR) is 93.0 cm³/mol. The number of ether oxygens (including phenoxy) is 1. The van der Waals surface area contributed by atoms with E-state index in [1.165, 1.54) is 24.1 Å². The van der Waals surface area contributed by atoms with Crippen LogP contribution in [0.2, 0.25) is 0 Å². The van der Waals surface area contributed by atoms with Crippen LogP contribution in [0, 0.1) is 5.82 Å². The first-order chi connectivity index (χ1) is 12.5. The highest BCUT2D eigenvalue weighted by Gasteiger charge is 2.41. The maximum Gasteiger partial charge on any atom is 0.256 e. The Morgan fingerprint density at radius 2 is 2.27 bits per heavy atom. The molecule has 0 saturated carbocycles. The van der Waals surface area contributed by atoms with Gasteiger partial charge in [-0.2, -0.15) is 0 Å². The molecule has 1 aliphatic rings. The van der Waals surface area contributed by atoms with Crippen LogP contribution < -0.4 is 10.1 Å². The normalized spacial score (nSPS) is 20.4. The summed E-state index contributed by atoms with van der Waals surface area (Å²) in [5.41, 5.74) is -1.13. The lowest BCUT2D eigenvalue weighted by molar-refractivity contribution is -0.157. The molecule has 1 aromatic heterocycles. The minimum Gasteiger partial charge on any atom is -0.497 e. The van der Waals surface area contributed by atoms with E-state index in [1.807, 2.05) is 6.07 Å². The molecular weight excluding hydrogens is 339 g/mol. The summed E-state index contributed by atoms with van der Waals surface area (Å²) < 4.78 is 24.4. The zero-order chi connectivity index (χ0) is 18.6. The molecule has 0 spiro atoms. The Kier molecular flexibility index (Phi) is 5.58. The van der Waals surface area contributed by atoms with Crippen LogP contribution in [0.3, 0.4) is 0 Å². The summed E-state index contributed by atoms with van der Waals surface area (Å²) in [5, 5.41) is 13.8. The van der Waals surface area contributed by atoms with Crippen molar-refractivity contribution in [3.8, 4) is 5.75 Å². The number of nitrogens with one attached hydrogen (secondary N) is 1. The Balaban J connectivity index is 1.65. The number of carbonyl (C=O) groups excluding carboxylic acids is 1. The van der Waals surface area contributed by atoms with E-state index in [1.54, 1.807) is 18.4 Å². The molecule has 1 aliphatic heterocycles. The predicted octanol–water partition coefficient (Wildman–Crippen LogP) is 2.07. The molecule has 26 heavy (non-hydrogen) atoms. The number of aliphatic hydroxyl groups is 1. The van der Waals surface area contributed by atoms with Crippen LogP contribution >= 0.6 is 0 Å². The first kappa shape index (κ1) is 18.4. The molecule has 0 radical (unpaired) electrons. The summed E-state index contributed by atoms with van der Waals surface area (Å²) in [6.45, 7) is 1.12. The Bertz CT molecular complexity index is 750. The van der Waals surface area contributed by atoms with Gasteiger partial charge in [0.05, 0.1) is 19.9 Å². The van der Waals surface area contributed by atoms with Gasteiger partial charge in [-0.1, -0.05) is 0 Å². The number of rotatable bonds is 7. The van der Waals surface area contributed by atoms with Crippen LogP contribution in [0.4, 0.5) is 4.39 Å². The molecule has 0 unspecified atom stereocenters. The lowest BCUT2D eigenvalue weighted by Crippen LogP contribution is -2.57. The van der Waals surface area contributed by atoms with Crippen molar-refractivity contribution in [1.82, 2.24) is 10.2 Å². The van der Waals surface area contributed by atoms with Crippen LogP contribution in [0.1, 0.15) is 24.2 Å². The number of furan rings is 1. The van der Waals surface area contributed by atoms with E-state index in [2.05, 4.69) is 5.32 Å². The monoisotopic (exact) mass is 362 g/mol. The van der Waals surface area contributed by atoms with Gasteiger partial charge in [0.15, 0.2) is 5.60 Å². The minimum atomic E-state index is -1.50. The van der Waals surface area contributed by atoms with E-state index < -0.39 is 17.3 Å². The number of halogens is 1. The summed E-state index contributed by atoms with van der Waals surface area (Å²) in [5.74, 6) is 0.468. The minimum absolute atomic E-state index is 0.0996. The highest BCUT2D eigenvalue weighted by molar-refractivity contribution is 5.86. The van der Waals surface area contributed by atoms with Gasteiger partial charge in [0.2, 0.25) is 0 Å². The Morgan fingerprint density at radius 3 is 3.00 bits per heavy atom. The number of likely N-dealkylation sites (tertiary alicyclic amines) is 1. The lowest BCUT2D eigenvalue weighted by Gasteiger charge is -2.38. The van der Waals surface area contributed by atoms with Gasteiger partial charge in [0, 0.05) is 25.2 Å². The average Bonchev–Trinajstić information content (AvgIpc) is 3.14. The summed E-state index contributed by atoms with van der Waals surface area (Å²) in [7, 11) is 1.51. The molecule has 1 amide bonds. The summed E-state index contributed by atoms with van der Waals surface area (Å²) >= 11 is 0. The zero-order valence-electron chi connectivity index (χ0n) is 14.7. The maximum absolute atomic E-state index is 14.1. The summed E-state index contributed by atoms with van der Waals surface area (Å²) in [6.07, 6.45) is 2.59. The first-order valence-corrected chi connectivity index (χ1v) is 8.59. The van der Waals surface area contributed by atoms with E-state index >= 15 is 0 Å². The Hall–Kier alpha value is -2.38. The molecule has 1 saturated heterocycles. The fourth-order valence-electron chi connectivity index (χ4n) is 3.19. The molecule has 3 rings (SSSR count). The van der Waals surface area contributed by atoms with Crippen molar-refractivity contribution in [3.05, 3.63) is 53.7 Å². The van der Waals surface area contributed by atoms with Crippen LogP contribution in [0.25, 0.3) is 0 Å². The second-order valence-corrected chi connectivity index (χ2v) is 6.50. The topological polar surface area (TPSA) is 74.9 Å². The second-order valence-electron chi connectivity index (χ2n) is 6.50. The number of carbonyl (C=O) groups is 1. The molecule has 2 aromatic rings. The molecule has 7 heteroatoms. The summed E-state index contributed by atoms with van der Waals surface area (Å²) in [4.78, 5) is 14.3. The molecule has 6 nitrogen and oxygen atoms in total. The van der Waals surface area contributed by atoms with Gasteiger partial charge in [-0.3, -0.25) is 4.79 Å². The van der Waals surface area contributed by atoms with Gasteiger partial charge < -0.3 is 24.5 Å². The number of hydrogen-bond donors (Lipinski definition) is 2. The van der Waals surface area contributed by atoms with E-state index in [9.17, 15) is 14.3 Å². The van der Waals surface area contributed by atoms with Crippen LogP contribution in [0.5, 0.6) is 5.75 Å². The molecule has 1 atom stereocenters. The Labute approximate surface area is 151 Å². The zero-order valence-corrected chi connectivity index (χ0v) is 14.7. The highest BCUT2D eigenvalue weighted by Crippen LogP contribution is 2.26. The first-order valence-electron chi connectivity index (χ1n) is 8.59. The number of methoxy groups -OCH3 is 1. The molecule has 2 heterocycles. The van der Waals surface area contributed by atoms with E-state index in [0.717, 1.165) is 5.76 Å². The van der Waals surface area contributed by atoms with Gasteiger partial charge in [-0.05, 0) is 43.2 Å². The van der Waals surface area contributed by atoms with Gasteiger partial charge in [-0.15, -0.1) is 0 Å². The van der Waals surface area contributed by atoms with Gasteiger partial charge in [-0.25, -0.2) is 4.39 Å². The van der Waals surface area contributed by atoms with Crippen molar-refractivity contribution in [2.75, 3.05) is 20.2 Å². The number of benzene rings is 1.